The van der Waals surface area contributed by atoms with Gasteiger partial charge in [0.1, 0.15) is 0 Å². The number of methoxy groups -OCH3 is 1. The minimum absolute atomic E-state index is 0.127. The fraction of sp³-hybridized carbons (Fsp3) is 0.238. The molecule has 0 heterocycles. The second-order valence-corrected chi connectivity index (χ2v) is 5.70. The molecule has 0 amide bonds. The lowest BCUT2D eigenvalue weighted by Gasteiger charge is -2.11. The van der Waals surface area contributed by atoms with Crippen LogP contribution in [0.3, 0.4) is 0 Å². The fourth-order valence-electron chi connectivity index (χ4n) is 2.53. The van der Waals surface area contributed by atoms with Crippen LogP contribution in [0, 0.1) is 6.92 Å². The summed E-state index contributed by atoms with van der Waals surface area (Å²) in [6.45, 7) is 7.91. The van der Waals surface area contributed by atoms with Crippen LogP contribution in [0.5, 0.6) is 11.5 Å². The number of allylic oxidation sites excluding steroid dienone is 1. The number of phenols is 1. The zero-order valence-electron chi connectivity index (χ0n) is 15.3. The number of benzene rings is 2. The molecule has 2 aromatic rings. The molecule has 26 heavy (non-hydrogen) atoms. The van der Waals surface area contributed by atoms with Gasteiger partial charge in [-0.3, -0.25) is 4.99 Å². The number of carbonyl (C=O) groups excluding carboxylic acids is 1. The Morgan fingerprint density at radius 3 is 2.69 bits per heavy atom. The summed E-state index contributed by atoms with van der Waals surface area (Å²) in [4.78, 5) is 16.1. The molecule has 2 aromatic carbocycles. The molecule has 0 atom stereocenters. The topological polar surface area (TPSA) is 68.1 Å². The van der Waals surface area contributed by atoms with Gasteiger partial charge in [-0.15, -0.1) is 6.58 Å². The number of aromatic hydroxyl groups is 1. The highest BCUT2D eigenvalue weighted by Crippen LogP contribution is 2.32. The summed E-state index contributed by atoms with van der Waals surface area (Å²) in [5, 5.41) is 10.2. The maximum atomic E-state index is 11.6. The lowest BCUT2D eigenvalue weighted by atomic mass is 10.1. The first kappa shape index (κ1) is 19.2. The molecule has 0 saturated carbocycles. The minimum Gasteiger partial charge on any atom is -0.504 e. The molecule has 0 aliphatic heterocycles. The summed E-state index contributed by atoms with van der Waals surface area (Å²) in [7, 11) is 1.35. The van der Waals surface area contributed by atoms with Crippen molar-refractivity contribution >= 4 is 17.9 Å². The molecule has 2 rings (SSSR count). The van der Waals surface area contributed by atoms with Crippen LogP contribution in [0.15, 0.2) is 48.0 Å². The van der Waals surface area contributed by atoms with Crippen molar-refractivity contribution in [1.82, 2.24) is 0 Å². The molecule has 0 radical (unpaired) electrons. The Hall–Kier alpha value is -3.08. The number of nitrogens with zero attached hydrogens (tertiary/aromatic N) is 1. The van der Waals surface area contributed by atoms with Crippen LogP contribution in [-0.2, 0) is 11.2 Å². The van der Waals surface area contributed by atoms with E-state index in [0.717, 1.165) is 22.4 Å². The summed E-state index contributed by atoms with van der Waals surface area (Å²) in [5.41, 5.74) is 3.62. The van der Waals surface area contributed by atoms with E-state index >= 15 is 0 Å². The molecular weight excluding hydrogens is 330 g/mol. The smallest absolute Gasteiger partial charge is 0.337 e. The van der Waals surface area contributed by atoms with E-state index in [1.165, 1.54) is 7.11 Å². The van der Waals surface area contributed by atoms with E-state index in [1.54, 1.807) is 36.6 Å². The fourth-order valence-corrected chi connectivity index (χ4v) is 2.53. The Morgan fingerprint density at radius 1 is 1.31 bits per heavy atom. The molecule has 0 aliphatic rings. The predicted octanol–water partition coefficient (Wildman–Crippen LogP) is 4.37. The second-order valence-electron chi connectivity index (χ2n) is 5.70. The van der Waals surface area contributed by atoms with Crippen molar-refractivity contribution in [2.45, 2.75) is 20.3 Å². The van der Waals surface area contributed by atoms with Gasteiger partial charge in [0.05, 0.1) is 25.0 Å². The van der Waals surface area contributed by atoms with Crippen molar-refractivity contribution < 1.29 is 19.4 Å². The summed E-state index contributed by atoms with van der Waals surface area (Å²) in [5.74, 6) is 0.172. The van der Waals surface area contributed by atoms with Crippen LogP contribution in [0.2, 0.25) is 0 Å². The Balaban J connectivity index is 2.35. The van der Waals surface area contributed by atoms with Gasteiger partial charge >= 0.3 is 5.97 Å². The zero-order valence-corrected chi connectivity index (χ0v) is 15.3. The summed E-state index contributed by atoms with van der Waals surface area (Å²) >= 11 is 0. The molecule has 0 aliphatic carbocycles. The van der Waals surface area contributed by atoms with Gasteiger partial charge in [0.15, 0.2) is 11.5 Å². The van der Waals surface area contributed by atoms with E-state index in [2.05, 4.69) is 11.6 Å². The third-order valence-electron chi connectivity index (χ3n) is 3.81. The monoisotopic (exact) mass is 353 g/mol. The zero-order chi connectivity index (χ0) is 19.1. The molecule has 5 heteroatoms. The number of ether oxygens (including phenoxy) is 2. The average Bonchev–Trinajstić information content (AvgIpc) is 2.63. The first-order valence-corrected chi connectivity index (χ1v) is 8.32. The third kappa shape index (κ3) is 4.51. The van der Waals surface area contributed by atoms with Crippen LogP contribution < -0.4 is 4.74 Å². The van der Waals surface area contributed by atoms with Crippen LogP contribution in [0.4, 0.5) is 5.69 Å². The van der Waals surface area contributed by atoms with Gasteiger partial charge in [-0.25, -0.2) is 4.79 Å². The van der Waals surface area contributed by atoms with E-state index in [9.17, 15) is 9.90 Å². The number of esters is 1. The maximum absolute atomic E-state index is 11.6. The molecule has 0 bridgehead atoms. The average molecular weight is 353 g/mol. The van der Waals surface area contributed by atoms with Crippen LogP contribution >= 0.6 is 0 Å². The standard InChI is InChI=1S/C21H23NO4/c1-5-7-16-11-15(12-19(20(16)23)26-6-2)13-22-18-9-8-17(10-14(18)3)21(24)25-4/h5,8-13,23H,1,6-7H2,2-4H3. The van der Waals surface area contributed by atoms with E-state index in [4.69, 9.17) is 9.47 Å². The van der Waals surface area contributed by atoms with E-state index < -0.39 is 0 Å². The van der Waals surface area contributed by atoms with E-state index in [0.29, 0.717) is 24.3 Å². The third-order valence-corrected chi connectivity index (χ3v) is 3.81. The van der Waals surface area contributed by atoms with Crippen molar-refractivity contribution in [3.8, 4) is 11.5 Å². The lowest BCUT2D eigenvalue weighted by molar-refractivity contribution is 0.0600. The first-order chi connectivity index (χ1) is 12.5. The van der Waals surface area contributed by atoms with Crippen LogP contribution in [0.25, 0.3) is 0 Å². The van der Waals surface area contributed by atoms with Crippen molar-refractivity contribution in [2.75, 3.05) is 13.7 Å². The summed E-state index contributed by atoms with van der Waals surface area (Å²) < 4.78 is 10.2. The number of aliphatic imine (C=N–C) groups is 1. The van der Waals surface area contributed by atoms with Gasteiger partial charge in [0.25, 0.3) is 0 Å². The predicted molar refractivity (Wildman–Crippen MR) is 103 cm³/mol. The maximum Gasteiger partial charge on any atom is 0.337 e. The number of phenolic OH excluding ortho intramolecular Hbond substituents is 1. The molecule has 1 N–H and O–H groups in total. The van der Waals surface area contributed by atoms with Gasteiger partial charge in [0.2, 0.25) is 0 Å². The van der Waals surface area contributed by atoms with Gasteiger partial charge in [0, 0.05) is 11.8 Å². The Kier molecular flexibility index (Phi) is 6.55. The Labute approximate surface area is 153 Å². The summed E-state index contributed by atoms with van der Waals surface area (Å²) in [6.07, 6.45) is 3.95. The number of rotatable bonds is 7. The minimum atomic E-state index is -0.377. The Bertz CT molecular complexity index is 840. The number of carbonyl (C=O) groups is 1. The summed E-state index contributed by atoms with van der Waals surface area (Å²) in [6, 6.07) is 8.78. The molecule has 0 fully saturated rings. The highest BCUT2D eigenvalue weighted by Gasteiger charge is 2.10. The number of hydrogen-bond acceptors (Lipinski definition) is 5. The Morgan fingerprint density at radius 2 is 2.08 bits per heavy atom. The highest BCUT2D eigenvalue weighted by atomic mass is 16.5. The molecule has 0 saturated heterocycles. The molecule has 0 spiro atoms. The largest absolute Gasteiger partial charge is 0.504 e. The van der Waals surface area contributed by atoms with Crippen molar-refractivity contribution in [1.29, 1.82) is 0 Å². The molecule has 0 aromatic heterocycles. The SMILES string of the molecule is C=CCc1cc(C=Nc2ccc(C(=O)OC)cc2C)cc(OCC)c1O. The van der Waals surface area contributed by atoms with Gasteiger partial charge in [-0.2, -0.15) is 0 Å². The quantitative estimate of drug-likeness (QED) is 0.456. The highest BCUT2D eigenvalue weighted by molar-refractivity contribution is 5.90. The van der Waals surface area contributed by atoms with Gasteiger partial charge in [-0.1, -0.05) is 6.08 Å². The number of aryl methyl sites for hydroxylation is 1. The first-order valence-electron chi connectivity index (χ1n) is 8.32. The van der Waals surface area contributed by atoms with E-state index in [-0.39, 0.29) is 11.7 Å². The number of hydrogen-bond donors (Lipinski definition) is 1. The molecule has 136 valence electrons. The van der Waals surface area contributed by atoms with Gasteiger partial charge < -0.3 is 14.6 Å². The second kappa shape index (κ2) is 8.85. The van der Waals surface area contributed by atoms with Crippen LogP contribution in [0.1, 0.15) is 34.0 Å². The van der Waals surface area contributed by atoms with Crippen molar-refractivity contribution in [3.63, 3.8) is 0 Å². The lowest BCUT2D eigenvalue weighted by Crippen LogP contribution is -2.01. The molecular formula is C21H23NO4. The molecule has 0 unspecified atom stereocenters. The van der Waals surface area contributed by atoms with Gasteiger partial charge in [-0.05, 0) is 61.7 Å². The normalized spacial score (nSPS) is 10.7. The van der Waals surface area contributed by atoms with Crippen LogP contribution in [-0.4, -0.2) is 31.0 Å². The molecule has 5 nitrogen and oxygen atoms in total. The van der Waals surface area contributed by atoms with Crippen molar-refractivity contribution in [3.05, 3.63) is 65.2 Å². The van der Waals surface area contributed by atoms with Crippen molar-refractivity contribution in [2.24, 2.45) is 4.99 Å². The van der Waals surface area contributed by atoms with E-state index in [1.807, 2.05) is 19.9 Å².